The molecule has 2 aliphatic rings. The van der Waals surface area contributed by atoms with E-state index in [2.05, 4.69) is 4.98 Å². The molecule has 1 unspecified atom stereocenters. The SMILES string of the molecule is OC(CC1CCCCC1)C1=C(Cl)C(F)=CCc2cncn21. The van der Waals surface area contributed by atoms with E-state index in [1.54, 1.807) is 17.1 Å². The second kappa shape index (κ2) is 6.32. The van der Waals surface area contributed by atoms with Gasteiger partial charge in [0.05, 0.1) is 23.2 Å². The third kappa shape index (κ3) is 3.06. The number of aromatic nitrogens is 2. The van der Waals surface area contributed by atoms with Gasteiger partial charge in [0.25, 0.3) is 0 Å². The number of aliphatic hydroxyl groups excluding tert-OH is 1. The smallest absolute Gasteiger partial charge is 0.140 e. The molecule has 1 aromatic rings. The average Bonchev–Trinajstić information content (AvgIpc) is 2.89. The van der Waals surface area contributed by atoms with E-state index in [1.807, 2.05) is 0 Å². The fraction of sp³-hybridized carbons (Fsp3) is 0.562. The van der Waals surface area contributed by atoms with Crippen LogP contribution in [0, 0.1) is 5.92 Å². The van der Waals surface area contributed by atoms with Crippen LogP contribution in [-0.4, -0.2) is 20.8 Å². The molecule has 114 valence electrons. The monoisotopic (exact) mass is 310 g/mol. The van der Waals surface area contributed by atoms with Gasteiger partial charge in [-0.2, -0.15) is 0 Å². The molecule has 1 fully saturated rings. The van der Waals surface area contributed by atoms with Gasteiger partial charge in [0.15, 0.2) is 0 Å². The van der Waals surface area contributed by atoms with Crippen molar-refractivity contribution < 1.29 is 9.50 Å². The first-order chi connectivity index (χ1) is 10.2. The molecule has 3 rings (SSSR count). The topological polar surface area (TPSA) is 38.1 Å². The van der Waals surface area contributed by atoms with Crippen LogP contribution in [0.5, 0.6) is 0 Å². The van der Waals surface area contributed by atoms with Crippen molar-refractivity contribution in [3.05, 3.63) is 35.2 Å². The van der Waals surface area contributed by atoms with Gasteiger partial charge in [0.2, 0.25) is 0 Å². The van der Waals surface area contributed by atoms with Crippen LogP contribution in [0.3, 0.4) is 0 Å². The summed E-state index contributed by atoms with van der Waals surface area (Å²) in [6.07, 6.45) is 11.0. The highest BCUT2D eigenvalue weighted by Gasteiger charge is 2.26. The lowest BCUT2D eigenvalue weighted by Gasteiger charge is -2.26. The summed E-state index contributed by atoms with van der Waals surface area (Å²) in [6.45, 7) is 0. The first-order valence-electron chi connectivity index (χ1n) is 7.62. The lowest BCUT2D eigenvalue weighted by atomic mass is 9.85. The maximum atomic E-state index is 14.0. The standard InChI is InChI=1S/C16H20ClFN2O/c17-15-13(18)7-6-12-9-19-10-20(12)16(15)14(21)8-11-4-2-1-3-5-11/h7,9-11,14,21H,1-6,8H2. The second-order valence-electron chi connectivity index (χ2n) is 5.97. The average molecular weight is 311 g/mol. The molecular weight excluding hydrogens is 291 g/mol. The van der Waals surface area contributed by atoms with Crippen LogP contribution in [0.2, 0.25) is 0 Å². The summed E-state index contributed by atoms with van der Waals surface area (Å²) in [5.41, 5.74) is 1.28. The Morgan fingerprint density at radius 1 is 1.38 bits per heavy atom. The minimum absolute atomic E-state index is 0.00931. The predicted octanol–water partition coefficient (Wildman–Crippen LogP) is 4.03. The van der Waals surface area contributed by atoms with Crippen LogP contribution in [-0.2, 0) is 6.42 Å². The molecule has 21 heavy (non-hydrogen) atoms. The van der Waals surface area contributed by atoms with E-state index >= 15 is 0 Å². The van der Waals surface area contributed by atoms with E-state index in [0.717, 1.165) is 18.5 Å². The highest BCUT2D eigenvalue weighted by molar-refractivity contribution is 6.34. The first kappa shape index (κ1) is 14.8. The summed E-state index contributed by atoms with van der Waals surface area (Å²) in [5.74, 6) is 0.0334. The molecular formula is C16H20ClFN2O. The Morgan fingerprint density at radius 2 is 2.14 bits per heavy atom. The third-order valence-electron chi connectivity index (χ3n) is 4.50. The van der Waals surface area contributed by atoms with Gasteiger partial charge in [-0.1, -0.05) is 43.7 Å². The van der Waals surface area contributed by atoms with E-state index < -0.39 is 11.9 Å². The van der Waals surface area contributed by atoms with Crippen LogP contribution in [0.1, 0.15) is 44.2 Å². The van der Waals surface area contributed by atoms with Gasteiger partial charge in [-0.05, 0) is 18.4 Å². The van der Waals surface area contributed by atoms with Gasteiger partial charge in [-0.15, -0.1) is 0 Å². The lowest BCUT2D eigenvalue weighted by molar-refractivity contribution is 0.172. The molecule has 1 aromatic heterocycles. The fourth-order valence-electron chi connectivity index (χ4n) is 3.36. The van der Waals surface area contributed by atoms with Crippen molar-refractivity contribution in [2.45, 2.75) is 51.0 Å². The number of nitrogens with zero attached hydrogens (tertiary/aromatic N) is 2. The van der Waals surface area contributed by atoms with Crippen LogP contribution in [0.15, 0.2) is 29.5 Å². The number of aliphatic hydroxyl groups is 1. The highest BCUT2D eigenvalue weighted by Crippen LogP contribution is 2.35. The summed E-state index contributed by atoms with van der Waals surface area (Å²) in [5, 5.41) is 10.6. The maximum Gasteiger partial charge on any atom is 0.140 e. The zero-order valence-electron chi connectivity index (χ0n) is 11.9. The fourth-order valence-corrected chi connectivity index (χ4v) is 3.65. The van der Waals surface area contributed by atoms with Crippen molar-refractivity contribution in [2.24, 2.45) is 5.92 Å². The van der Waals surface area contributed by atoms with Crippen molar-refractivity contribution in [3.8, 4) is 0 Å². The van der Waals surface area contributed by atoms with Gasteiger partial charge in [0.1, 0.15) is 5.83 Å². The summed E-state index contributed by atoms with van der Waals surface area (Å²) in [4.78, 5) is 4.09. The number of imidazole rings is 1. The molecule has 1 aliphatic carbocycles. The van der Waals surface area contributed by atoms with E-state index in [4.69, 9.17) is 11.6 Å². The number of halogens is 2. The number of fused-ring (bicyclic) bond motifs is 1. The van der Waals surface area contributed by atoms with Crippen LogP contribution < -0.4 is 0 Å². The normalized spacial score (nSPS) is 21.8. The zero-order chi connectivity index (χ0) is 14.8. The second-order valence-corrected chi connectivity index (χ2v) is 6.34. The van der Waals surface area contributed by atoms with E-state index in [0.29, 0.717) is 24.5 Å². The molecule has 0 bridgehead atoms. The Balaban J connectivity index is 1.87. The first-order valence-corrected chi connectivity index (χ1v) is 8.00. The van der Waals surface area contributed by atoms with Crippen LogP contribution in [0.4, 0.5) is 4.39 Å². The molecule has 5 heteroatoms. The molecule has 0 aromatic carbocycles. The van der Waals surface area contributed by atoms with Crippen molar-refractivity contribution in [1.82, 2.24) is 9.55 Å². The Labute approximate surface area is 129 Å². The van der Waals surface area contributed by atoms with Gasteiger partial charge in [-0.25, -0.2) is 9.37 Å². The molecule has 1 saturated carbocycles. The molecule has 1 N–H and O–H groups in total. The maximum absolute atomic E-state index is 14.0. The van der Waals surface area contributed by atoms with E-state index in [-0.39, 0.29) is 5.03 Å². The van der Waals surface area contributed by atoms with Crippen molar-refractivity contribution in [3.63, 3.8) is 0 Å². The quantitative estimate of drug-likeness (QED) is 0.915. The lowest BCUT2D eigenvalue weighted by Crippen LogP contribution is -2.21. The molecule has 1 aliphatic heterocycles. The summed E-state index contributed by atoms with van der Waals surface area (Å²) in [6, 6.07) is 0. The number of hydrogen-bond acceptors (Lipinski definition) is 2. The van der Waals surface area contributed by atoms with Gasteiger partial charge in [-0.3, -0.25) is 0 Å². The van der Waals surface area contributed by atoms with Crippen molar-refractivity contribution in [2.75, 3.05) is 0 Å². The number of allylic oxidation sites excluding steroid dienone is 3. The molecule has 2 heterocycles. The zero-order valence-corrected chi connectivity index (χ0v) is 12.7. The van der Waals surface area contributed by atoms with Gasteiger partial charge in [0, 0.05) is 18.3 Å². The predicted molar refractivity (Wildman–Crippen MR) is 81.4 cm³/mol. The van der Waals surface area contributed by atoms with Crippen molar-refractivity contribution in [1.29, 1.82) is 0 Å². The largest absolute Gasteiger partial charge is 0.387 e. The summed E-state index contributed by atoms with van der Waals surface area (Å²) >= 11 is 6.16. The Kier molecular flexibility index (Phi) is 4.45. The number of rotatable bonds is 3. The minimum Gasteiger partial charge on any atom is -0.387 e. The van der Waals surface area contributed by atoms with E-state index in [9.17, 15) is 9.50 Å². The Hall–Kier alpha value is -1.13. The number of hydrogen-bond donors (Lipinski definition) is 1. The minimum atomic E-state index is -0.759. The van der Waals surface area contributed by atoms with Crippen LogP contribution in [0.25, 0.3) is 5.70 Å². The summed E-state index contributed by atoms with van der Waals surface area (Å²) in [7, 11) is 0. The Morgan fingerprint density at radius 3 is 2.90 bits per heavy atom. The van der Waals surface area contributed by atoms with Crippen molar-refractivity contribution >= 4 is 17.3 Å². The molecule has 0 spiro atoms. The molecule has 0 radical (unpaired) electrons. The third-order valence-corrected chi connectivity index (χ3v) is 4.87. The van der Waals surface area contributed by atoms with E-state index in [1.165, 1.54) is 25.3 Å². The van der Waals surface area contributed by atoms with Crippen LogP contribution >= 0.6 is 11.6 Å². The Bertz CT molecular complexity index is 573. The highest BCUT2D eigenvalue weighted by atomic mass is 35.5. The molecule has 0 amide bonds. The molecule has 0 saturated heterocycles. The van der Waals surface area contributed by atoms with Gasteiger partial charge >= 0.3 is 0 Å². The summed E-state index contributed by atoms with van der Waals surface area (Å²) < 4.78 is 15.7. The molecule has 1 atom stereocenters. The van der Waals surface area contributed by atoms with Gasteiger partial charge < -0.3 is 9.67 Å². The molecule has 3 nitrogen and oxygen atoms in total.